The van der Waals surface area contributed by atoms with E-state index in [0.717, 1.165) is 14.7 Å². The summed E-state index contributed by atoms with van der Waals surface area (Å²) in [6.07, 6.45) is 0. The second-order valence-electron chi connectivity index (χ2n) is 5.07. The Morgan fingerprint density at radius 1 is 1.17 bits per heavy atom. The molecule has 1 rings (SSSR count). The number of halogens is 2. The average Bonchev–Trinajstić information content (AvgIpc) is 2.13. The predicted molar refractivity (Wildman–Crippen MR) is 82.4 cm³/mol. The molecule has 18 heavy (non-hydrogen) atoms. The molecule has 0 spiro atoms. The molecule has 0 saturated carbocycles. The van der Waals surface area contributed by atoms with Gasteiger partial charge in [0.25, 0.3) is 0 Å². The maximum absolute atomic E-state index is 11.9. The third kappa shape index (κ3) is 3.87. The second kappa shape index (κ2) is 6.14. The van der Waals surface area contributed by atoms with Gasteiger partial charge in [0.15, 0.2) is 0 Å². The maximum atomic E-state index is 11.9. The zero-order valence-electron chi connectivity index (χ0n) is 11.5. The van der Waals surface area contributed by atoms with E-state index in [-0.39, 0.29) is 11.7 Å². The van der Waals surface area contributed by atoms with Crippen LogP contribution in [0.5, 0.6) is 0 Å². The van der Waals surface area contributed by atoms with E-state index >= 15 is 0 Å². The fraction of sp³-hybridized carbons (Fsp3) is 0.500. The topological polar surface area (TPSA) is 17.1 Å². The molecule has 1 aromatic rings. The van der Waals surface area contributed by atoms with Crippen LogP contribution in [0.25, 0.3) is 0 Å². The number of hydrogen-bond acceptors (Lipinski definition) is 1. The van der Waals surface area contributed by atoms with E-state index < -0.39 is 15.9 Å². The number of Topliss-reactive ketones (excluding diaryl/α,β-unsaturated/α-hetero) is 1. The van der Waals surface area contributed by atoms with E-state index in [2.05, 4.69) is 19.1 Å². The molecular formula is C14H20Cl2OTe. The third-order valence-electron chi connectivity index (χ3n) is 2.87. The zero-order valence-corrected chi connectivity index (χ0v) is 15.4. The van der Waals surface area contributed by atoms with Crippen molar-refractivity contribution in [3.8, 4) is 0 Å². The number of carbonyl (C=O) groups excluding carboxylic acids is 1. The van der Waals surface area contributed by atoms with Gasteiger partial charge in [-0.25, -0.2) is 0 Å². The number of ketones is 1. The Hall–Kier alpha value is 0.260. The molecule has 0 aromatic heterocycles. The normalized spacial score (nSPS) is 12.9. The Bertz CT molecular complexity index is 444. The van der Waals surface area contributed by atoms with Gasteiger partial charge >= 0.3 is 122 Å². The van der Waals surface area contributed by atoms with Crippen LogP contribution in [0.3, 0.4) is 0 Å². The zero-order chi connectivity index (χ0) is 14.1. The number of aryl methyl sites for hydroxylation is 3. The molecule has 0 N–H and O–H groups in total. The van der Waals surface area contributed by atoms with Gasteiger partial charge in [-0.15, -0.1) is 0 Å². The molecule has 102 valence electrons. The fourth-order valence-electron chi connectivity index (χ4n) is 2.06. The molecule has 0 bridgehead atoms. The summed E-state index contributed by atoms with van der Waals surface area (Å²) in [5, 5.41) is 0. The monoisotopic (exact) mass is 404 g/mol. The van der Waals surface area contributed by atoms with E-state index in [1.54, 1.807) is 0 Å². The predicted octanol–water partition coefficient (Wildman–Crippen LogP) is 3.96. The average molecular weight is 403 g/mol. The number of rotatable bonds is 4. The van der Waals surface area contributed by atoms with Crippen LogP contribution in [-0.4, -0.2) is 21.7 Å². The van der Waals surface area contributed by atoms with Crippen molar-refractivity contribution in [3.63, 3.8) is 0 Å². The van der Waals surface area contributed by atoms with Gasteiger partial charge < -0.3 is 0 Å². The molecule has 4 heteroatoms. The van der Waals surface area contributed by atoms with Gasteiger partial charge in [0.2, 0.25) is 0 Å². The van der Waals surface area contributed by atoms with Gasteiger partial charge in [0, 0.05) is 0 Å². The second-order valence-corrected chi connectivity index (χ2v) is 18.5. The molecular weight excluding hydrogens is 383 g/mol. The van der Waals surface area contributed by atoms with Crippen molar-refractivity contribution >= 4 is 43.3 Å². The molecule has 0 fully saturated rings. The van der Waals surface area contributed by atoms with Crippen LogP contribution in [0.1, 0.15) is 30.5 Å². The van der Waals surface area contributed by atoms with Gasteiger partial charge in [-0.05, 0) is 0 Å². The Kier molecular flexibility index (Phi) is 5.57. The van der Waals surface area contributed by atoms with Crippen LogP contribution in [-0.2, 0) is 4.79 Å². The molecule has 0 atom stereocenters. The molecule has 0 heterocycles. The van der Waals surface area contributed by atoms with Crippen molar-refractivity contribution in [3.05, 3.63) is 28.8 Å². The van der Waals surface area contributed by atoms with Crippen molar-refractivity contribution in [1.29, 1.82) is 0 Å². The number of hydrogen-bond donors (Lipinski definition) is 0. The van der Waals surface area contributed by atoms with Crippen LogP contribution >= 0.6 is 17.9 Å². The van der Waals surface area contributed by atoms with E-state index in [4.69, 9.17) is 17.9 Å². The summed E-state index contributed by atoms with van der Waals surface area (Å²) >= 11 is -3.31. The molecule has 0 radical (unpaired) electrons. The Balaban J connectivity index is 3.16. The van der Waals surface area contributed by atoms with Gasteiger partial charge in [-0.2, -0.15) is 0 Å². The summed E-state index contributed by atoms with van der Waals surface area (Å²) in [6, 6.07) is 4.18. The van der Waals surface area contributed by atoms with E-state index in [1.807, 2.05) is 27.7 Å². The Morgan fingerprint density at radius 3 is 2.00 bits per heavy atom. The van der Waals surface area contributed by atoms with Crippen LogP contribution in [0, 0.1) is 26.7 Å². The first-order valence-electron chi connectivity index (χ1n) is 5.96. The first-order chi connectivity index (χ1) is 8.15. The van der Waals surface area contributed by atoms with Crippen LogP contribution in [0.15, 0.2) is 12.1 Å². The van der Waals surface area contributed by atoms with E-state index in [9.17, 15) is 4.79 Å². The first-order valence-corrected chi connectivity index (χ1v) is 14.7. The quantitative estimate of drug-likeness (QED) is 0.697. The number of benzene rings is 1. The van der Waals surface area contributed by atoms with Crippen LogP contribution in [0.4, 0.5) is 0 Å². The molecule has 0 aliphatic heterocycles. The first kappa shape index (κ1) is 16.3. The molecule has 0 unspecified atom stereocenters. The molecule has 1 aromatic carbocycles. The van der Waals surface area contributed by atoms with Gasteiger partial charge in [-0.3, -0.25) is 0 Å². The molecule has 1 nitrogen and oxygen atoms in total. The summed E-state index contributed by atoms with van der Waals surface area (Å²) in [5.41, 5.74) is 3.45. The minimum atomic E-state index is -3.31. The summed E-state index contributed by atoms with van der Waals surface area (Å²) < 4.78 is 1.40. The van der Waals surface area contributed by atoms with Crippen LogP contribution in [0.2, 0.25) is 4.47 Å². The summed E-state index contributed by atoms with van der Waals surface area (Å²) in [4.78, 5) is 11.9. The standard InChI is InChI=1S/C14H20Cl2OTe/c1-9(2)13(17)8-18(15,16)14-11(4)6-10(3)7-12(14)5/h6-7,9H,8H2,1-5H3. The van der Waals surface area contributed by atoms with E-state index in [0.29, 0.717) is 4.47 Å². The minimum absolute atomic E-state index is 0.000708. The molecule has 0 aliphatic carbocycles. The van der Waals surface area contributed by atoms with Gasteiger partial charge in [-0.1, -0.05) is 0 Å². The third-order valence-corrected chi connectivity index (χ3v) is 11.8. The Morgan fingerprint density at radius 2 is 1.61 bits per heavy atom. The van der Waals surface area contributed by atoms with E-state index in [1.165, 1.54) is 5.56 Å². The summed E-state index contributed by atoms with van der Waals surface area (Å²) in [6.45, 7) is 9.90. The fourth-order valence-corrected chi connectivity index (χ4v) is 12.2. The van der Waals surface area contributed by atoms with Crippen molar-refractivity contribution in [2.24, 2.45) is 5.92 Å². The number of carbonyl (C=O) groups is 1. The van der Waals surface area contributed by atoms with Crippen LogP contribution < -0.4 is 3.61 Å². The Labute approximate surface area is 121 Å². The van der Waals surface area contributed by atoms with Gasteiger partial charge in [0.05, 0.1) is 0 Å². The van der Waals surface area contributed by atoms with Crippen molar-refractivity contribution in [2.75, 3.05) is 0 Å². The molecule has 0 amide bonds. The summed E-state index contributed by atoms with van der Waals surface area (Å²) in [5.74, 6) is 0.166. The van der Waals surface area contributed by atoms with Crippen molar-refractivity contribution in [1.82, 2.24) is 0 Å². The molecule has 0 aliphatic rings. The van der Waals surface area contributed by atoms with Crippen molar-refractivity contribution < 1.29 is 4.79 Å². The SMILES string of the molecule is Cc1cc(C)c([Te](Cl)(Cl)CC(=O)C(C)C)c(C)c1. The van der Waals surface area contributed by atoms with Gasteiger partial charge in [0.1, 0.15) is 0 Å². The summed E-state index contributed by atoms with van der Waals surface area (Å²) in [7, 11) is 13.2. The molecule has 0 saturated heterocycles. The van der Waals surface area contributed by atoms with Crippen molar-refractivity contribution in [2.45, 2.75) is 39.1 Å².